The molecular formula is C14H23ClN2O3. The maximum Gasteiger partial charge on any atom is 0.373 e. The van der Waals surface area contributed by atoms with Gasteiger partial charge >= 0.3 is 5.97 Å². The first-order chi connectivity index (χ1) is 9.15. The maximum absolute atomic E-state index is 11.3. The van der Waals surface area contributed by atoms with Crippen LogP contribution in [0.1, 0.15) is 36.1 Å². The smallest absolute Gasteiger partial charge is 0.373 e. The molecule has 20 heavy (non-hydrogen) atoms. The number of nitrogens with two attached hydrogens (primary N) is 1. The Morgan fingerprint density at radius 1 is 1.55 bits per heavy atom. The molecule has 6 heteroatoms. The topological polar surface area (TPSA) is 68.7 Å². The SMILES string of the molecule is COC(=O)c1ccc(CN2CCCC(C)C2CN)o1.Cl. The van der Waals surface area contributed by atoms with Crippen molar-refractivity contribution in [1.29, 1.82) is 0 Å². The Kier molecular flexibility index (Phi) is 6.52. The van der Waals surface area contributed by atoms with Crippen LogP contribution in [-0.4, -0.2) is 37.1 Å². The number of methoxy groups -OCH3 is 1. The van der Waals surface area contributed by atoms with E-state index in [1.807, 2.05) is 6.07 Å². The van der Waals surface area contributed by atoms with E-state index in [9.17, 15) is 4.79 Å². The van der Waals surface area contributed by atoms with Crippen molar-refractivity contribution in [3.8, 4) is 0 Å². The quantitative estimate of drug-likeness (QED) is 0.862. The Balaban J connectivity index is 0.00000200. The van der Waals surface area contributed by atoms with Crippen molar-refractivity contribution in [2.75, 3.05) is 20.2 Å². The number of carbonyl (C=O) groups excluding carboxylic acids is 1. The van der Waals surface area contributed by atoms with Crippen LogP contribution < -0.4 is 5.73 Å². The monoisotopic (exact) mass is 302 g/mol. The third-order valence-corrected chi connectivity index (χ3v) is 3.88. The molecule has 2 N–H and O–H groups in total. The van der Waals surface area contributed by atoms with Crippen LogP contribution in [0.5, 0.6) is 0 Å². The summed E-state index contributed by atoms with van der Waals surface area (Å²) >= 11 is 0. The number of nitrogens with zero attached hydrogens (tertiary/aromatic N) is 1. The van der Waals surface area contributed by atoms with Crippen LogP contribution in [0.2, 0.25) is 0 Å². The molecule has 5 nitrogen and oxygen atoms in total. The summed E-state index contributed by atoms with van der Waals surface area (Å²) in [4.78, 5) is 13.7. The van der Waals surface area contributed by atoms with Crippen molar-refractivity contribution in [2.24, 2.45) is 11.7 Å². The van der Waals surface area contributed by atoms with Gasteiger partial charge in [-0.15, -0.1) is 12.4 Å². The molecule has 2 atom stereocenters. The van der Waals surface area contributed by atoms with Crippen LogP contribution in [0.4, 0.5) is 0 Å². The maximum atomic E-state index is 11.3. The Hall–Kier alpha value is -1.04. The van der Waals surface area contributed by atoms with Gasteiger partial charge in [0.2, 0.25) is 5.76 Å². The first-order valence-corrected chi connectivity index (χ1v) is 6.77. The van der Waals surface area contributed by atoms with Gasteiger partial charge in [0.05, 0.1) is 13.7 Å². The van der Waals surface area contributed by atoms with E-state index < -0.39 is 5.97 Å². The zero-order chi connectivity index (χ0) is 13.8. The summed E-state index contributed by atoms with van der Waals surface area (Å²) in [7, 11) is 1.35. The number of rotatable bonds is 4. The van der Waals surface area contributed by atoms with Gasteiger partial charge in [0.25, 0.3) is 0 Å². The average molecular weight is 303 g/mol. The van der Waals surface area contributed by atoms with Crippen molar-refractivity contribution in [2.45, 2.75) is 32.4 Å². The first-order valence-electron chi connectivity index (χ1n) is 6.77. The summed E-state index contributed by atoms with van der Waals surface area (Å²) in [6.07, 6.45) is 2.41. The standard InChI is InChI=1S/C14H22N2O3.ClH/c1-10-4-3-7-16(12(10)8-15)9-11-5-6-13(19-11)14(17)18-2;/h5-6,10,12H,3-4,7-9,15H2,1-2H3;1H. The van der Waals surface area contributed by atoms with Crippen LogP contribution in [0.25, 0.3) is 0 Å². The molecule has 1 aliphatic rings. The van der Waals surface area contributed by atoms with E-state index in [1.165, 1.54) is 20.0 Å². The predicted octanol–water partition coefficient (Wildman–Crippen LogP) is 2.05. The van der Waals surface area contributed by atoms with E-state index in [0.29, 0.717) is 25.0 Å². The van der Waals surface area contributed by atoms with Gasteiger partial charge in [0.15, 0.2) is 0 Å². The number of furan rings is 1. The van der Waals surface area contributed by atoms with Gasteiger partial charge in [-0.3, -0.25) is 4.90 Å². The number of likely N-dealkylation sites (tertiary alicyclic amines) is 1. The molecule has 0 spiro atoms. The van der Waals surface area contributed by atoms with Crippen LogP contribution in [0.3, 0.4) is 0 Å². The van der Waals surface area contributed by atoms with Gasteiger partial charge in [0.1, 0.15) is 5.76 Å². The molecule has 0 saturated carbocycles. The van der Waals surface area contributed by atoms with E-state index in [4.69, 9.17) is 10.2 Å². The Bertz CT molecular complexity index is 436. The molecule has 0 amide bonds. The Morgan fingerprint density at radius 2 is 2.30 bits per heavy atom. The van der Waals surface area contributed by atoms with E-state index in [1.54, 1.807) is 6.07 Å². The molecule has 0 bridgehead atoms. The fraction of sp³-hybridized carbons (Fsp3) is 0.643. The zero-order valence-corrected chi connectivity index (χ0v) is 12.8. The molecule has 1 fully saturated rings. The van der Waals surface area contributed by atoms with E-state index in [2.05, 4.69) is 16.6 Å². The van der Waals surface area contributed by atoms with Gasteiger partial charge in [-0.2, -0.15) is 0 Å². The second kappa shape index (κ2) is 7.67. The number of esters is 1. The summed E-state index contributed by atoms with van der Waals surface area (Å²) in [6, 6.07) is 3.88. The van der Waals surface area contributed by atoms with Crippen molar-refractivity contribution in [3.63, 3.8) is 0 Å². The molecule has 0 aliphatic carbocycles. The first kappa shape index (κ1) is 17.0. The van der Waals surface area contributed by atoms with Gasteiger partial charge < -0.3 is 14.9 Å². The van der Waals surface area contributed by atoms with Crippen molar-refractivity contribution < 1.29 is 13.9 Å². The van der Waals surface area contributed by atoms with Crippen LogP contribution in [0.15, 0.2) is 16.5 Å². The highest BCUT2D eigenvalue weighted by Crippen LogP contribution is 2.24. The number of hydrogen-bond acceptors (Lipinski definition) is 5. The fourth-order valence-corrected chi connectivity index (χ4v) is 2.79. The van der Waals surface area contributed by atoms with Crippen LogP contribution in [-0.2, 0) is 11.3 Å². The molecule has 1 aromatic heterocycles. The highest BCUT2D eigenvalue weighted by atomic mass is 35.5. The molecule has 1 aromatic rings. The minimum Gasteiger partial charge on any atom is -0.463 e. The Morgan fingerprint density at radius 3 is 2.95 bits per heavy atom. The molecule has 2 unspecified atom stereocenters. The number of ether oxygens (including phenoxy) is 1. The van der Waals surface area contributed by atoms with E-state index >= 15 is 0 Å². The summed E-state index contributed by atoms with van der Waals surface area (Å²) < 4.78 is 10.1. The summed E-state index contributed by atoms with van der Waals surface area (Å²) in [6.45, 7) is 4.63. The minimum absolute atomic E-state index is 0. The highest BCUT2D eigenvalue weighted by molar-refractivity contribution is 5.86. The minimum atomic E-state index is -0.436. The summed E-state index contributed by atoms with van der Waals surface area (Å²) in [5.41, 5.74) is 5.87. The van der Waals surface area contributed by atoms with Crippen LogP contribution in [0, 0.1) is 5.92 Å². The molecular weight excluding hydrogens is 280 g/mol. The van der Waals surface area contributed by atoms with Gasteiger partial charge in [0, 0.05) is 12.6 Å². The fourth-order valence-electron chi connectivity index (χ4n) is 2.79. The third kappa shape index (κ3) is 3.75. The third-order valence-electron chi connectivity index (χ3n) is 3.88. The largest absolute Gasteiger partial charge is 0.463 e. The van der Waals surface area contributed by atoms with E-state index in [0.717, 1.165) is 12.3 Å². The summed E-state index contributed by atoms with van der Waals surface area (Å²) in [5, 5.41) is 0. The molecule has 2 heterocycles. The molecule has 0 radical (unpaired) electrons. The van der Waals surface area contributed by atoms with Crippen LogP contribution >= 0.6 is 12.4 Å². The average Bonchev–Trinajstić information content (AvgIpc) is 2.87. The lowest BCUT2D eigenvalue weighted by molar-refractivity contribution is 0.0554. The molecule has 114 valence electrons. The van der Waals surface area contributed by atoms with Crippen molar-refractivity contribution in [3.05, 3.63) is 23.7 Å². The zero-order valence-electron chi connectivity index (χ0n) is 12.0. The van der Waals surface area contributed by atoms with E-state index in [-0.39, 0.29) is 18.2 Å². The second-order valence-electron chi connectivity index (χ2n) is 5.15. The predicted molar refractivity (Wildman–Crippen MR) is 78.9 cm³/mol. The lowest BCUT2D eigenvalue weighted by Crippen LogP contribution is -2.47. The number of piperidine rings is 1. The van der Waals surface area contributed by atoms with Gasteiger partial charge in [-0.05, 0) is 37.4 Å². The lowest BCUT2D eigenvalue weighted by Gasteiger charge is -2.38. The number of hydrogen-bond donors (Lipinski definition) is 1. The number of halogens is 1. The molecule has 1 aliphatic heterocycles. The second-order valence-corrected chi connectivity index (χ2v) is 5.15. The normalized spacial score (nSPS) is 23.1. The van der Waals surface area contributed by atoms with Gasteiger partial charge in [-0.25, -0.2) is 4.79 Å². The van der Waals surface area contributed by atoms with Gasteiger partial charge in [-0.1, -0.05) is 6.92 Å². The lowest BCUT2D eigenvalue weighted by atomic mass is 9.91. The molecule has 2 rings (SSSR count). The molecule has 1 saturated heterocycles. The number of carbonyl (C=O) groups is 1. The van der Waals surface area contributed by atoms with Crippen molar-refractivity contribution in [1.82, 2.24) is 4.90 Å². The van der Waals surface area contributed by atoms with Crippen molar-refractivity contribution >= 4 is 18.4 Å². The Labute approximate surface area is 125 Å². The highest BCUT2D eigenvalue weighted by Gasteiger charge is 2.28. The summed E-state index contributed by atoms with van der Waals surface area (Å²) in [5.74, 6) is 1.21. The molecule has 0 aromatic carbocycles.